The van der Waals surface area contributed by atoms with Crippen molar-refractivity contribution in [3.05, 3.63) is 0 Å². The van der Waals surface area contributed by atoms with E-state index in [-0.39, 0.29) is 11.8 Å². The van der Waals surface area contributed by atoms with Crippen molar-refractivity contribution >= 4 is 5.91 Å². The normalized spacial score (nSPS) is 12.8. The summed E-state index contributed by atoms with van der Waals surface area (Å²) in [4.78, 5) is 11.9. The average molecular weight is 227 g/mol. The van der Waals surface area contributed by atoms with Crippen molar-refractivity contribution in [1.29, 1.82) is 0 Å². The van der Waals surface area contributed by atoms with Gasteiger partial charge in [-0.2, -0.15) is 0 Å². The molecule has 0 heterocycles. The van der Waals surface area contributed by atoms with Gasteiger partial charge in [-0.3, -0.25) is 4.79 Å². The SMILES string of the molecule is CCCCC(CC)C(=O)NCC(CC)CC. The number of unbranched alkanes of at least 4 members (excludes halogenated alkanes) is 1. The van der Waals surface area contributed by atoms with E-state index >= 15 is 0 Å². The van der Waals surface area contributed by atoms with Gasteiger partial charge in [0, 0.05) is 12.5 Å². The number of amides is 1. The predicted molar refractivity (Wildman–Crippen MR) is 70.4 cm³/mol. The second-order valence-electron chi connectivity index (χ2n) is 4.68. The topological polar surface area (TPSA) is 29.1 Å². The van der Waals surface area contributed by atoms with Gasteiger partial charge in [0.15, 0.2) is 0 Å². The van der Waals surface area contributed by atoms with E-state index < -0.39 is 0 Å². The summed E-state index contributed by atoms with van der Waals surface area (Å²) in [7, 11) is 0. The van der Waals surface area contributed by atoms with Crippen molar-refractivity contribution in [2.24, 2.45) is 11.8 Å². The Bertz CT molecular complexity index is 176. The number of carbonyl (C=O) groups excluding carboxylic acids is 1. The first-order valence-electron chi connectivity index (χ1n) is 6.97. The number of hydrogen-bond donors (Lipinski definition) is 1. The van der Waals surface area contributed by atoms with Crippen molar-refractivity contribution in [2.45, 2.75) is 66.2 Å². The van der Waals surface area contributed by atoms with Crippen molar-refractivity contribution in [2.75, 3.05) is 6.54 Å². The van der Waals surface area contributed by atoms with Gasteiger partial charge in [-0.1, -0.05) is 53.4 Å². The van der Waals surface area contributed by atoms with E-state index in [4.69, 9.17) is 0 Å². The highest BCUT2D eigenvalue weighted by atomic mass is 16.1. The van der Waals surface area contributed by atoms with Gasteiger partial charge in [0.25, 0.3) is 0 Å². The largest absolute Gasteiger partial charge is 0.356 e. The first-order chi connectivity index (χ1) is 7.69. The van der Waals surface area contributed by atoms with Crippen LogP contribution < -0.4 is 5.32 Å². The molecule has 0 saturated heterocycles. The molecule has 96 valence electrons. The van der Waals surface area contributed by atoms with Crippen molar-refractivity contribution < 1.29 is 4.79 Å². The van der Waals surface area contributed by atoms with E-state index in [0.717, 1.165) is 38.6 Å². The van der Waals surface area contributed by atoms with Crippen molar-refractivity contribution in [3.8, 4) is 0 Å². The molecule has 0 aliphatic rings. The van der Waals surface area contributed by atoms with Crippen LogP contribution in [0.3, 0.4) is 0 Å². The second kappa shape index (κ2) is 9.68. The van der Waals surface area contributed by atoms with Gasteiger partial charge >= 0.3 is 0 Å². The highest BCUT2D eigenvalue weighted by molar-refractivity contribution is 5.78. The Labute approximate surface area is 101 Å². The lowest BCUT2D eigenvalue weighted by molar-refractivity contribution is -0.125. The molecule has 1 unspecified atom stereocenters. The molecule has 2 nitrogen and oxygen atoms in total. The summed E-state index contributed by atoms with van der Waals surface area (Å²) < 4.78 is 0. The predicted octanol–water partition coefficient (Wildman–Crippen LogP) is 3.76. The van der Waals surface area contributed by atoms with Crippen LogP contribution in [0.2, 0.25) is 0 Å². The van der Waals surface area contributed by atoms with Gasteiger partial charge in [-0.05, 0) is 18.8 Å². The summed E-state index contributed by atoms with van der Waals surface area (Å²) in [6.07, 6.45) is 6.66. The van der Waals surface area contributed by atoms with Gasteiger partial charge in [-0.15, -0.1) is 0 Å². The minimum absolute atomic E-state index is 0.231. The molecule has 1 amide bonds. The van der Waals surface area contributed by atoms with Crippen LogP contribution in [-0.4, -0.2) is 12.5 Å². The second-order valence-corrected chi connectivity index (χ2v) is 4.68. The molecule has 0 bridgehead atoms. The van der Waals surface area contributed by atoms with Crippen molar-refractivity contribution in [1.82, 2.24) is 5.32 Å². The zero-order valence-electron chi connectivity index (χ0n) is 11.5. The number of nitrogens with one attached hydrogen (secondary N) is 1. The molecule has 0 rings (SSSR count). The minimum Gasteiger partial charge on any atom is -0.356 e. The van der Waals surface area contributed by atoms with Crippen LogP contribution in [0.15, 0.2) is 0 Å². The van der Waals surface area contributed by atoms with Crippen LogP contribution in [-0.2, 0) is 4.79 Å². The number of carbonyl (C=O) groups is 1. The Hall–Kier alpha value is -0.530. The third kappa shape index (κ3) is 6.14. The van der Waals surface area contributed by atoms with Crippen LogP contribution in [0.25, 0.3) is 0 Å². The van der Waals surface area contributed by atoms with E-state index in [2.05, 4.69) is 33.0 Å². The number of hydrogen-bond acceptors (Lipinski definition) is 1. The van der Waals surface area contributed by atoms with Crippen molar-refractivity contribution in [3.63, 3.8) is 0 Å². The Kier molecular flexibility index (Phi) is 9.36. The fourth-order valence-corrected chi connectivity index (χ4v) is 1.94. The summed E-state index contributed by atoms with van der Waals surface area (Å²) in [5.41, 5.74) is 0. The van der Waals surface area contributed by atoms with Crippen LogP contribution >= 0.6 is 0 Å². The fraction of sp³-hybridized carbons (Fsp3) is 0.929. The summed E-state index contributed by atoms with van der Waals surface area (Å²) in [5, 5.41) is 3.11. The maximum absolute atomic E-state index is 11.9. The highest BCUT2D eigenvalue weighted by Crippen LogP contribution is 2.13. The van der Waals surface area contributed by atoms with Crippen LogP contribution in [0.4, 0.5) is 0 Å². The molecule has 0 aromatic rings. The van der Waals surface area contributed by atoms with Gasteiger partial charge in [-0.25, -0.2) is 0 Å². The Morgan fingerprint density at radius 3 is 2.12 bits per heavy atom. The lowest BCUT2D eigenvalue weighted by atomic mass is 9.97. The smallest absolute Gasteiger partial charge is 0.223 e. The van der Waals surface area contributed by atoms with E-state index in [1.165, 1.54) is 6.42 Å². The summed E-state index contributed by atoms with van der Waals surface area (Å²) in [6, 6.07) is 0. The molecule has 16 heavy (non-hydrogen) atoms. The summed E-state index contributed by atoms with van der Waals surface area (Å²) in [5.74, 6) is 1.14. The van der Waals surface area contributed by atoms with E-state index in [9.17, 15) is 4.79 Å². The Morgan fingerprint density at radius 1 is 1.06 bits per heavy atom. The molecule has 0 fully saturated rings. The molecule has 0 aliphatic carbocycles. The molecule has 0 saturated carbocycles. The molecule has 1 atom stereocenters. The number of rotatable bonds is 9. The van der Waals surface area contributed by atoms with E-state index in [0.29, 0.717) is 5.92 Å². The third-order valence-electron chi connectivity index (χ3n) is 3.49. The monoisotopic (exact) mass is 227 g/mol. The fourth-order valence-electron chi connectivity index (χ4n) is 1.94. The van der Waals surface area contributed by atoms with Crippen LogP contribution in [0, 0.1) is 11.8 Å². The zero-order chi connectivity index (χ0) is 12.4. The molecular formula is C14H29NO. The maximum atomic E-state index is 11.9. The third-order valence-corrected chi connectivity index (χ3v) is 3.49. The first kappa shape index (κ1) is 15.5. The minimum atomic E-state index is 0.231. The molecule has 0 spiro atoms. The Balaban J connectivity index is 3.91. The molecule has 0 aromatic carbocycles. The highest BCUT2D eigenvalue weighted by Gasteiger charge is 2.16. The maximum Gasteiger partial charge on any atom is 0.223 e. The lowest BCUT2D eigenvalue weighted by Gasteiger charge is -2.18. The quantitative estimate of drug-likeness (QED) is 0.638. The lowest BCUT2D eigenvalue weighted by Crippen LogP contribution is -2.34. The standard InChI is InChI=1S/C14H29NO/c1-5-9-10-13(8-4)14(16)15-11-12(6-2)7-3/h12-13H,5-11H2,1-4H3,(H,15,16). The summed E-state index contributed by atoms with van der Waals surface area (Å²) in [6.45, 7) is 9.52. The van der Waals surface area contributed by atoms with Gasteiger partial charge in [0.05, 0.1) is 0 Å². The van der Waals surface area contributed by atoms with Gasteiger partial charge in [0.2, 0.25) is 5.91 Å². The Morgan fingerprint density at radius 2 is 1.69 bits per heavy atom. The average Bonchev–Trinajstić information content (AvgIpc) is 2.31. The van der Waals surface area contributed by atoms with Gasteiger partial charge in [0.1, 0.15) is 0 Å². The molecule has 0 aromatic heterocycles. The molecule has 0 radical (unpaired) electrons. The first-order valence-corrected chi connectivity index (χ1v) is 6.97. The molecule has 0 aliphatic heterocycles. The van der Waals surface area contributed by atoms with Crippen LogP contribution in [0.5, 0.6) is 0 Å². The van der Waals surface area contributed by atoms with E-state index in [1.807, 2.05) is 0 Å². The molecular weight excluding hydrogens is 198 g/mol. The molecule has 1 N–H and O–H groups in total. The van der Waals surface area contributed by atoms with Crippen LogP contribution in [0.1, 0.15) is 66.2 Å². The van der Waals surface area contributed by atoms with E-state index in [1.54, 1.807) is 0 Å². The van der Waals surface area contributed by atoms with Gasteiger partial charge < -0.3 is 5.32 Å². The zero-order valence-corrected chi connectivity index (χ0v) is 11.5. The summed E-state index contributed by atoms with van der Waals surface area (Å²) >= 11 is 0. The molecule has 2 heteroatoms.